The minimum atomic E-state index is -0.810. The molecule has 0 aromatic heterocycles. The number of carbonyl (C=O) groups excluding carboxylic acids is 1. The van der Waals surface area contributed by atoms with Crippen molar-refractivity contribution in [2.24, 2.45) is 22.2 Å². The first-order valence-corrected chi connectivity index (χ1v) is 6.99. The fraction of sp³-hybridized carbons (Fsp3) is 0.846. The van der Waals surface area contributed by atoms with Crippen LogP contribution in [0.25, 0.3) is 0 Å². The lowest BCUT2D eigenvalue weighted by Gasteiger charge is -2.44. The first kappa shape index (κ1) is 12.7. The summed E-state index contributed by atoms with van der Waals surface area (Å²) < 4.78 is 5.73. The lowest BCUT2D eigenvalue weighted by molar-refractivity contribution is -0.134. The van der Waals surface area contributed by atoms with E-state index in [1.165, 1.54) is 0 Å². The molecule has 19 heavy (non-hydrogen) atoms. The maximum atomic E-state index is 12.5. The summed E-state index contributed by atoms with van der Waals surface area (Å²) in [6, 6.07) is 0.0884. The van der Waals surface area contributed by atoms with E-state index in [4.69, 9.17) is 15.7 Å². The fourth-order valence-corrected chi connectivity index (χ4v) is 3.83. The molecule has 6 nitrogen and oxygen atoms in total. The third-order valence-electron chi connectivity index (χ3n) is 4.85. The molecule has 3 fully saturated rings. The standard InChI is InChI=1S/C13H21N3O3/c1-7-5-13(6-7,11(14)16-18)12(17)15-9-4-8-2-3-10(9)19-8/h7-10,18H,2-6H2,1H3,(H2,14,16)(H,15,17). The van der Waals surface area contributed by atoms with E-state index in [2.05, 4.69) is 17.4 Å². The number of amidine groups is 1. The highest BCUT2D eigenvalue weighted by molar-refractivity contribution is 6.07. The Morgan fingerprint density at radius 3 is 2.68 bits per heavy atom. The molecule has 3 atom stereocenters. The average molecular weight is 267 g/mol. The molecule has 3 aliphatic rings. The van der Waals surface area contributed by atoms with E-state index in [0.717, 1.165) is 19.3 Å². The van der Waals surface area contributed by atoms with Gasteiger partial charge in [-0.05, 0) is 38.0 Å². The highest BCUT2D eigenvalue weighted by Crippen LogP contribution is 2.46. The number of nitrogens with one attached hydrogen (secondary N) is 1. The van der Waals surface area contributed by atoms with E-state index >= 15 is 0 Å². The molecule has 3 rings (SSSR count). The molecule has 2 saturated heterocycles. The molecule has 0 radical (unpaired) electrons. The van der Waals surface area contributed by atoms with E-state index < -0.39 is 5.41 Å². The first-order valence-electron chi connectivity index (χ1n) is 6.99. The van der Waals surface area contributed by atoms with Gasteiger partial charge in [-0.25, -0.2) is 0 Å². The monoisotopic (exact) mass is 267 g/mol. The van der Waals surface area contributed by atoms with Gasteiger partial charge in [0.05, 0.1) is 18.2 Å². The first-order chi connectivity index (χ1) is 9.05. The van der Waals surface area contributed by atoms with Gasteiger partial charge in [0, 0.05) is 0 Å². The van der Waals surface area contributed by atoms with E-state index in [1.54, 1.807) is 0 Å². The maximum Gasteiger partial charge on any atom is 0.234 e. The van der Waals surface area contributed by atoms with Crippen LogP contribution in [0.2, 0.25) is 0 Å². The second-order valence-corrected chi connectivity index (χ2v) is 6.27. The number of nitrogens with two attached hydrogens (primary N) is 1. The van der Waals surface area contributed by atoms with Crippen LogP contribution in [-0.4, -0.2) is 35.2 Å². The van der Waals surface area contributed by atoms with Gasteiger partial charge in [-0.1, -0.05) is 12.1 Å². The number of rotatable bonds is 3. The number of ether oxygens (including phenoxy) is 1. The fourth-order valence-electron chi connectivity index (χ4n) is 3.83. The van der Waals surface area contributed by atoms with Gasteiger partial charge < -0.3 is 21.0 Å². The van der Waals surface area contributed by atoms with Gasteiger partial charge in [0.2, 0.25) is 5.91 Å². The Morgan fingerprint density at radius 1 is 1.47 bits per heavy atom. The van der Waals surface area contributed by atoms with Crippen molar-refractivity contribution in [2.45, 2.75) is 57.3 Å². The molecular formula is C13H21N3O3. The molecule has 1 saturated carbocycles. The van der Waals surface area contributed by atoms with Crippen LogP contribution in [0.1, 0.15) is 39.0 Å². The van der Waals surface area contributed by atoms with Crippen LogP contribution in [0, 0.1) is 11.3 Å². The van der Waals surface area contributed by atoms with Crippen molar-refractivity contribution in [3.8, 4) is 0 Å². The summed E-state index contributed by atoms with van der Waals surface area (Å²) in [5, 5.41) is 15.0. The second kappa shape index (κ2) is 4.37. The van der Waals surface area contributed by atoms with Gasteiger partial charge in [-0.3, -0.25) is 4.79 Å². The average Bonchev–Trinajstić information content (AvgIpc) is 2.95. The highest BCUT2D eigenvalue weighted by Gasteiger charge is 2.53. The molecule has 4 N–H and O–H groups in total. The molecule has 2 aliphatic heterocycles. The third-order valence-corrected chi connectivity index (χ3v) is 4.85. The van der Waals surface area contributed by atoms with Crippen molar-refractivity contribution in [2.75, 3.05) is 0 Å². The van der Waals surface area contributed by atoms with Crippen LogP contribution in [0.4, 0.5) is 0 Å². The van der Waals surface area contributed by atoms with Crippen molar-refractivity contribution >= 4 is 11.7 Å². The van der Waals surface area contributed by atoms with Gasteiger partial charge in [0.15, 0.2) is 5.84 Å². The zero-order valence-corrected chi connectivity index (χ0v) is 11.1. The summed E-state index contributed by atoms with van der Waals surface area (Å²) in [5.74, 6) is 0.358. The normalized spacial score (nSPS) is 45.0. The lowest BCUT2D eigenvalue weighted by atomic mass is 9.61. The van der Waals surface area contributed by atoms with Crippen LogP contribution in [0.5, 0.6) is 0 Å². The number of carbonyl (C=O) groups is 1. The van der Waals surface area contributed by atoms with Crippen LogP contribution in [-0.2, 0) is 9.53 Å². The lowest BCUT2D eigenvalue weighted by Crippen LogP contribution is -2.59. The van der Waals surface area contributed by atoms with Gasteiger partial charge in [-0.2, -0.15) is 0 Å². The van der Waals surface area contributed by atoms with E-state index in [0.29, 0.717) is 24.9 Å². The van der Waals surface area contributed by atoms with E-state index in [-0.39, 0.29) is 23.9 Å². The SMILES string of the molecule is CC1CC(C(=O)NC2CC3CCC2O3)(C(N)=NO)C1. The molecule has 0 spiro atoms. The number of nitrogens with zero attached hydrogens (tertiary/aromatic N) is 1. The highest BCUT2D eigenvalue weighted by atomic mass is 16.5. The summed E-state index contributed by atoms with van der Waals surface area (Å²) in [6.07, 6.45) is 4.75. The summed E-state index contributed by atoms with van der Waals surface area (Å²) in [7, 11) is 0. The molecule has 106 valence electrons. The molecule has 3 unspecified atom stereocenters. The van der Waals surface area contributed by atoms with Crippen LogP contribution >= 0.6 is 0 Å². The molecule has 0 aromatic carbocycles. The Balaban J connectivity index is 1.68. The second-order valence-electron chi connectivity index (χ2n) is 6.27. The minimum absolute atomic E-state index is 0.0344. The molecule has 6 heteroatoms. The molecule has 2 heterocycles. The molecule has 2 bridgehead atoms. The number of amides is 1. The Hall–Kier alpha value is -1.30. The Labute approximate surface area is 112 Å². The van der Waals surface area contributed by atoms with E-state index in [1.807, 2.05) is 0 Å². The van der Waals surface area contributed by atoms with Crippen molar-refractivity contribution < 1.29 is 14.7 Å². The van der Waals surface area contributed by atoms with Gasteiger partial charge in [0.25, 0.3) is 0 Å². The Kier molecular flexibility index (Phi) is 2.92. The van der Waals surface area contributed by atoms with E-state index in [9.17, 15) is 4.79 Å². The zero-order valence-electron chi connectivity index (χ0n) is 11.1. The molecule has 0 aromatic rings. The molecular weight excluding hydrogens is 246 g/mol. The number of oxime groups is 1. The van der Waals surface area contributed by atoms with Crippen LogP contribution in [0.3, 0.4) is 0 Å². The smallest absolute Gasteiger partial charge is 0.234 e. The van der Waals surface area contributed by atoms with Crippen molar-refractivity contribution in [1.82, 2.24) is 5.32 Å². The summed E-state index contributed by atoms with van der Waals surface area (Å²) >= 11 is 0. The molecule has 1 aliphatic carbocycles. The largest absolute Gasteiger partial charge is 0.409 e. The predicted molar refractivity (Wildman–Crippen MR) is 68.7 cm³/mol. The third kappa shape index (κ3) is 1.89. The topological polar surface area (TPSA) is 96.9 Å². The van der Waals surface area contributed by atoms with Crippen LogP contribution in [0.15, 0.2) is 5.16 Å². The maximum absolute atomic E-state index is 12.5. The molecule has 1 amide bonds. The summed E-state index contributed by atoms with van der Waals surface area (Å²) in [4.78, 5) is 12.5. The van der Waals surface area contributed by atoms with Gasteiger partial charge in [0.1, 0.15) is 5.41 Å². The quantitative estimate of drug-likeness (QED) is 0.302. The van der Waals surface area contributed by atoms with Gasteiger partial charge in [-0.15, -0.1) is 0 Å². The van der Waals surface area contributed by atoms with Gasteiger partial charge >= 0.3 is 0 Å². The zero-order chi connectivity index (χ0) is 13.6. The number of hydrogen-bond donors (Lipinski definition) is 3. The Bertz CT molecular complexity index is 417. The summed E-state index contributed by atoms with van der Waals surface area (Å²) in [6.45, 7) is 2.07. The number of hydrogen-bond acceptors (Lipinski definition) is 4. The minimum Gasteiger partial charge on any atom is -0.409 e. The van der Waals surface area contributed by atoms with Crippen molar-refractivity contribution in [3.05, 3.63) is 0 Å². The Morgan fingerprint density at radius 2 is 2.21 bits per heavy atom. The predicted octanol–water partition coefficient (Wildman–Crippen LogP) is 0.585. The van der Waals surface area contributed by atoms with Crippen LogP contribution < -0.4 is 11.1 Å². The van der Waals surface area contributed by atoms with Crippen molar-refractivity contribution in [3.63, 3.8) is 0 Å². The number of fused-ring (bicyclic) bond motifs is 2. The van der Waals surface area contributed by atoms with Crippen molar-refractivity contribution in [1.29, 1.82) is 0 Å². The summed E-state index contributed by atoms with van der Waals surface area (Å²) in [5.41, 5.74) is 4.92.